The van der Waals surface area contributed by atoms with Crippen molar-refractivity contribution >= 4 is 23.3 Å². The number of amides is 1. The van der Waals surface area contributed by atoms with Crippen molar-refractivity contribution in [1.82, 2.24) is 9.88 Å². The van der Waals surface area contributed by atoms with E-state index in [2.05, 4.69) is 17.2 Å². The number of pyridine rings is 1. The number of anilines is 1. The number of nitrogens with zero attached hydrogens (tertiary/aromatic N) is 2. The monoisotopic (exact) mass is 311 g/mol. The standard InChI is InChI=1S/C15H22ClN3O2/c1-3-8-17-12-5-4-11(16)13(18-12)14(20)19-9-6-15(2,21)7-10-19/h4-5,21H,3,6-10H2,1-2H3,(H,17,18). The number of piperidine rings is 1. The number of aliphatic hydroxyl groups is 1. The Morgan fingerprint density at radius 1 is 1.48 bits per heavy atom. The lowest BCUT2D eigenvalue weighted by atomic mass is 9.94. The SMILES string of the molecule is CCCNc1ccc(Cl)c(C(=O)N2CCC(C)(O)CC2)n1. The van der Waals surface area contributed by atoms with E-state index in [1.807, 2.05) is 0 Å². The van der Waals surface area contributed by atoms with Gasteiger partial charge in [0.05, 0.1) is 10.6 Å². The lowest BCUT2D eigenvalue weighted by molar-refractivity contribution is -0.00218. The van der Waals surface area contributed by atoms with Crippen LogP contribution in [0.5, 0.6) is 0 Å². The highest BCUT2D eigenvalue weighted by molar-refractivity contribution is 6.33. The Morgan fingerprint density at radius 2 is 2.14 bits per heavy atom. The number of hydrogen-bond acceptors (Lipinski definition) is 4. The van der Waals surface area contributed by atoms with Crippen molar-refractivity contribution < 1.29 is 9.90 Å². The molecule has 0 bridgehead atoms. The van der Waals surface area contributed by atoms with E-state index in [1.54, 1.807) is 24.0 Å². The molecule has 1 aromatic heterocycles. The zero-order chi connectivity index (χ0) is 15.5. The van der Waals surface area contributed by atoms with Gasteiger partial charge < -0.3 is 15.3 Å². The van der Waals surface area contributed by atoms with Gasteiger partial charge >= 0.3 is 0 Å². The molecule has 0 aliphatic carbocycles. The molecule has 5 nitrogen and oxygen atoms in total. The summed E-state index contributed by atoms with van der Waals surface area (Å²) in [5, 5.41) is 13.5. The van der Waals surface area contributed by atoms with E-state index in [9.17, 15) is 9.90 Å². The quantitative estimate of drug-likeness (QED) is 0.897. The molecule has 2 rings (SSSR count). The fourth-order valence-corrected chi connectivity index (χ4v) is 2.47. The first-order valence-electron chi connectivity index (χ1n) is 7.35. The molecule has 2 N–H and O–H groups in total. The van der Waals surface area contributed by atoms with Crippen molar-refractivity contribution in [3.05, 3.63) is 22.8 Å². The Bertz CT molecular complexity index is 510. The van der Waals surface area contributed by atoms with E-state index in [1.165, 1.54) is 0 Å². The molecule has 0 aromatic carbocycles. The molecule has 2 heterocycles. The van der Waals surface area contributed by atoms with Crippen molar-refractivity contribution in [2.75, 3.05) is 25.0 Å². The number of aromatic nitrogens is 1. The summed E-state index contributed by atoms with van der Waals surface area (Å²) in [7, 11) is 0. The molecule has 0 atom stereocenters. The molecule has 1 aromatic rings. The lowest BCUT2D eigenvalue weighted by Gasteiger charge is -2.35. The third-order valence-corrected chi connectivity index (χ3v) is 4.04. The normalized spacial score (nSPS) is 17.6. The smallest absolute Gasteiger partial charge is 0.274 e. The summed E-state index contributed by atoms with van der Waals surface area (Å²) in [5.41, 5.74) is -0.405. The van der Waals surface area contributed by atoms with Crippen molar-refractivity contribution in [1.29, 1.82) is 0 Å². The van der Waals surface area contributed by atoms with Crippen LogP contribution in [0.4, 0.5) is 5.82 Å². The van der Waals surface area contributed by atoms with Crippen LogP contribution < -0.4 is 5.32 Å². The number of rotatable bonds is 4. The highest BCUT2D eigenvalue weighted by Gasteiger charge is 2.31. The molecule has 1 saturated heterocycles. The Hall–Kier alpha value is -1.33. The fourth-order valence-electron chi connectivity index (χ4n) is 2.28. The molecular weight excluding hydrogens is 290 g/mol. The lowest BCUT2D eigenvalue weighted by Crippen LogP contribution is -2.45. The van der Waals surface area contributed by atoms with Gasteiger partial charge in [-0.3, -0.25) is 4.79 Å². The van der Waals surface area contributed by atoms with Gasteiger partial charge in [-0.25, -0.2) is 4.98 Å². The van der Waals surface area contributed by atoms with Gasteiger partial charge in [0.2, 0.25) is 0 Å². The number of carbonyl (C=O) groups excluding carboxylic acids is 1. The van der Waals surface area contributed by atoms with Gasteiger partial charge in [-0.15, -0.1) is 0 Å². The van der Waals surface area contributed by atoms with E-state index in [0.717, 1.165) is 13.0 Å². The van der Waals surface area contributed by atoms with Gasteiger partial charge in [-0.2, -0.15) is 0 Å². The second-order valence-corrected chi connectivity index (χ2v) is 6.15. The Morgan fingerprint density at radius 3 is 2.76 bits per heavy atom. The maximum absolute atomic E-state index is 12.5. The number of halogens is 1. The number of likely N-dealkylation sites (tertiary alicyclic amines) is 1. The van der Waals surface area contributed by atoms with Crippen LogP contribution in [0.2, 0.25) is 5.02 Å². The van der Waals surface area contributed by atoms with E-state index < -0.39 is 5.60 Å². The van der Waals surface area contributed by atoms with Crippen LogP contribution in [0.3, 0.4) is 0 Å². The molecule has 0 spiro atoms. The van der Waals surface area contributed by atoms with Crippen LogP contribution in [0.1, 0.15) is 43.6 Å². The Labute approximate surface area is 130 Å². The summed E-state index contributed by atoms with van der Waals surface area (Å²) in [6.07, 6.45) is 2.13. The van der Waals surface area contributed by atoms with Gasteiger partial charge in [-0.1, -0.05) is 18.5 Å². The third-order valence-electron chi connectivity index (χ3n) is 3.73. The third kappa shape index (κ3) is 4.08. The largest absolute Gasteiger partial charge is 0.390 e. The molecule has 116 valence electrons. The van der Waals surface area contributed by atoms with Crippen LogP contribution in [0, 0.1) is 0 Å². The van der Waals surface area contributed by atoms with E-state index in [0.29, 0.717) is 36.8 Å². The number of hydrogen-bond donors (Lipinski definition) is 2. The minimum Gasteiger partial charge on any atom is -0.390 e. The minimum absolute atomic E-state index is 0.171. The van der Waals surface area contributed by atoms with Gasteiger partial charge in [-0.05, 0) is 38.3 Å². The summed E-state index contributed by atoms with van der Waals surface area (Å²) in [5.74, 6) is 0.490. The van der Waals surface area contributed by atoms with Gasteiger partial charge in [0.15, 0.2) is 0 Å². The average molecular weight is 312 g/mol. The van der Waals surface area contributed by atoms with Crippen molar-refractivity contribution in [2.24, 2.45) is 0 Å². The van der Waals surface area contributed by atoms with Crippen LogP contribution >= 0.6 is 11.6 Å². The molecule has 0 radical (unpaired) electrons. The van der Waals surface area contributed by atoms with Crippen LogP contribution in [0.15, 0.2) is 12.1 Å². The fraction of sp³-hybridized carbons (Fsp3) is 0.600. The second-order valence-electron chi connectivity index (χ2n) is 5.74. The molecule has 21 heavy (non-hydrogen) atoms. The maximum Gasteiger partial charge on any atom is 0.274 e. The maximum atomic E-state index is 12.5. The van der Waals surface area contributed by atoms with Crippen molar-refractivity contribution in [3.8, 4) is 0 Å². The Balaban J connectivity index is 2.11. The van der Waals surface area contributed by atoms with E-state index in [4.69, 9.17) is 11.6 Å². The topological polar surface area (TPSA) is 65.5 Å². The van der Waals surface area contributed by atoms with Crippen molar-refractivity contribution in [2.45, 2.75) is 38.7 Å². The summed E-state index contributed by atoms with van der Waals surface area (Å²) in [4.78, 5) is 18.6. The predicted octanol–water partition coefficient (Wildman–Crippen LogP) is 2.54. The van der Waals surface area contributed by atoms with Crippen LogP contribution in [0.25, 0.3) is 0 Å². The van der Waals surface area contributed by atoms with Crippen molar-refractivity contribution in [3.63, 3.8) is 0 Å². The highest BCUT2D eigenvalue weighted by Crippen LogP contribution is 2.24. The van der Waals surface area contributed by atoms with Gasteiger partial charge in [0.25, 0.3) is 5.91 Å². The molecule has 0 unspecified atom stereocenters. The second kappa shape index (κ2) is 6.62. The summed E-state index contributed by atoms with van der Waals surface area (Å²) >= 11 is 6.11. The average Bonchev–Trinajstić information content (AvgIpc) is 2.46. The minimum atomic E-state index is -0.682. The molecule has 1 amide bonds. The number of nitrogens with one attached hydrogen (secondary N) is 1. The zero-order valence-corrected chi connectivity index (χ0v) is 13.3. The summed E-state index contributed by atoms with van der Waals surface area (Å²) < 4.78 is 0. The van der Waals surface area contributed by atoms with Crippen LogP contribution in [-0.4, -0.2) is 46.1 Å². The summed E-state index contributed by atoms with van der Waals surface area (Å²) in [6, 6.07) is 3.47. The molecule has 1 fully saturated rings. The molecule has 0 saturated carbocycles. The first kappa shape index (κ1) is 16.0. The highest BCUT2D eigenvalue weighted by atomic mass is 35.5. The van der Waals surface area contributed by atoms with Gasteiger partial charge in [0, 0.05) is 19.6 Å². The van der Waals surface area contributed by atoms with E-state index in [-0.39, 0.29) is 11.6 Å². The molecular formula is C15H22ClN3O2. The van der Waals surface area contributed by atoms with Crippen LogP contribution in [-0.2, 0) is 0 Å². The first-order chi connectivity index (χ1) is 9.93. The zero-order valence-electron chi connectivity index (χ0n) is 12.5. The summed E-state index contributed by atoms with van der Waals surface area (Å²) in [6.45, 7) is 5.71. The molecule has 1 aliphatic heterocycles. The predicted molar refractivity (Wildman–Crippen MR) is 83.8 cm³/mol. The van der Waals surface area contributed by atoms with E-state index >= 15 is 0 Å². The molecule has 1 aliphatic rings. The molecule has 6 heteroatoms. The Kier molecular flexibility index (Phi) is 5.06. The number of carbonyl (C=O) groups is 1. The first-order valence-corrected chi connectivity index (χ1v) is 7.73. The van der Waals surface area contributed by atoms with Gasteiger partial charge in [0.1, 0.15) is 11.5 Å².